The van der Waals surface area contributed by atoms with Gasteiger partial charge in [-0.25, -0.2) is 13.4 Å². The zero-order chi connectivity index (χ0) is 15.8. The molecule has 0 bridgehead atoms. The lowest BCUT2D eigenvalue weighted by Gasteiger charge is -2.38. The monoisotopic (exact) mass is 344 g/mol. The molecule has 0 N–H and O–H groups in total. The van der Waals surface area contributed by atoms with Crippen LogP contribution < -0.4 is 0 Å². The lowest BCUT2D eigenvalue weighted by molar-refractivity contribution is -0.0843. The Balaban J connectivity index is 1.57. The van der Waals surface area contributed by atoms with Gasteiger partial charge >= 0.3 is 0 Å². The Bertz CT molecular complexity index is 622. The van der Waals surface area contributed by atoms with Crippen molar-refractivity contribution >= 4 is 21.4 Å². The topological polar surface area (TPSA) is 59.5 Å². The van der Waals surface area contributed by atoms with Gasteiger partial charge in [-0.1, -0.05) is 6.92 Å². The second-order valence-corrected chi connectivity index (χ2v) is 9.50. The Morgan fingerprint density at radius 2 is 2.23 bits per heavy atom. The molecule has 1 atom stereocenters. The second-order valence-electron chi connectivity index (χ2n) is 6.44. The van der Waals surface area contributed by atoms with E-state index in [2.05, 4.69) is 11.9 Å². The van der Waals surface area contributed by atoms with Gasteiger partial charge in [-0.3, -0.25) is 0 Å². The maximum atomic E-state index is 12.5. The first-order valence-electron chi connectivity index (χ1n) is 7.97. The van der Waals surface area contributed by atoms with Gasteiger partial charge < -0.3 is 4.74 Å². The predicted octanol–water partition coefficient (Wildman–Crippen LogP) is 2.57. The molecule has 124 valence electrons. The molecule has 2 fully saturated rings. The molecule has 2 aliphatic rings. The number of aryl methyl sites for hydroxylation is 1. The van der Waals surface area contributed by atoms with Gasteiger partial charge in [0.05, 0.1) is 34.7 Å². The van der Waals surface area contributed by atoms with Gasteiger partial charge in [-0.05, 0) is 38.5 Å². The summed E-state index contributed by atoms with van der Waals surface area (Å²) in [5.74, 6) is 0.0933. The molecule has 22 heavy (non-hydrogen) atoms. The Labute approximate surface area is 136 Å². The molecule has 1 saturated carbocycles. The van der Waals surface area contributed by atoms with Crippen LogP contribution in [0.15, 0.2) is 5.38 Å². The van der Waals surface area contributed by atoms with Crippen molar-refractivity contribution in [2.24, 2.45) is 0 Å². The van der Waals surface area contributed by atoms with E-state index in [0.717, 1.165) is 42.8 Å². The van der Waals surface area contributed by atoms with E-state index in [1.54, 1.807) is 18.4 Å². The molecule has 1 saturated heterocycles. The van der Waals surface area contributed by atoms with Gasteiger partial charge in [-0.2, -0.15) is 4.31 Å². The predicted molar refractivity (Wildman–Crippen MR) is 87.4 cm³/mol. The SMILES string of the molecule is CCc1nc(CN(C)S(=O)(=O)CC2CCC3(CCC3)O2)cs1. The summed E-state index contributed by atoms with van der Waals surface area (Å²) in [6.07, 6.45) is 6.03. The van der Waals surface area contributed by atoms with Gasteiger partial charge in [0, 0.05) is 12.4 Å². The van der Waals surface area contributed by atoms with E-state index in [1.165, 1.54) is 10.7 Å². The van der Waals surface area contributed by atoms with Crippen molar-refractivity contribution < 1.29 is 13.2 Å². The smallest absolute Gasteiger partial charge is 0.216 e. The first-order valence-corrected chi connectivity index (χ1v) is 10.5. The summed E-state index contributed by atoms with van der Waals surface area (Å²) in [6.45, 7) is 2.40. The van der Waals surface area contributed by atoms with Gasteiger partial charge in [0.25, 0.3) is 0 Å². The minimum absolute atomic E-state index is 0.0176. The van der Waals surface area contributed by atoms with E-state index in [9.17, 15) is 8.42 Å². The van der Waals surface area contributed by atoms with Crippen LogP contribution in [0.2, 0.25) is 0 Å². The van der Waals surface area contributed by atoms with Gasteiger partial charge in [0.1, 0.15) is 0 Å². The molecule has 7 heteroatoms. The minimum Gasteiger partial charge on any atom is -0.371 e. The van der Waals surface area contributed by atoms with E-state index < -0.39 is 10.0 Å². The molecule has 1 aromatic heterocycles. The zero-order valence-corrected chi connectivity index (χ0v) is 14.9. The number of hydrogen-bond donors (Lipinski definition) is 0. The van der Waals surface area contributed by atoms with Crippen LogP contribution in [0.4, 0.5) is 0 Å². The van der Waals surface area contributed by atoms with Crippen LogP contribution in [-0.2, 0) is 27.7 Å². The van der Waals surface area contributed by atoms with Gasteiger partial charge in [-0.15, -0.1) is 11.3 Å². The highest BCUT2D eigenvalue weighted by Gasteiger charge is 2.45. The van der Waals surface area contributed by atoms with Crippen LogP contribution in [0.1, 0.15) is 49.7 Å². The van der Waals surface area contributed by atoms with E-state index >= 15 is 0 Å². The molecule has 2 heterocycles. The van der Waals surface area contributed by atoms with Crippen molar-refractivity contribution in [2.75, 3.05) is 12.8 Å². The number of ether oxygens (including phenoxy) is 1. The molecule has 0 aromatic carbocycles. The summed E-state index contributed by atoms with van der Waals surface area (Å²) in [5, 5.41) is 2.99. The van der Waals surface area contributed by atoms with E-state index in [1.807, 2.05) is 5.38 Å². The number of hydrogen-bond acceptors (Lipinski definition) is 5. The van der Waals surface area contributed by atoms with E-state index in [4.69, 9.17) is 4.74 Å². The van der Waals surface area contributed by atoms with Crippen LogP contribution >= 0.6 is 11.3 Å². The molecule has 1 unspecified atom stereocenters. The summed E-state index contributed by atoms with van der Waals surface area (Å²) in [6, 6.07) is 0. The number of sulfonamides is 1. The highest BCUT2D eigenvalue weighted by atomic mass is 32.2. The average molecular weight is 345 g/mol. The number of rotatable bonds is 6. The Morgan fingerprint density at radius 3 is 2.77 bits per heavy atom. The Kier molecular flexibility index (Phi) is 4.60. The van der Waals surface area contributed by atoms with Crippen molar-refractivity contribution in [2.45, 2.75) is 63.7 Å². The van der Waals surface area contributed by atoms with Crippen LogP contribution in [0.25, 0.3) is 0 Å². The molecular formula is C15H24N2O3S2. The van der Waals surface area contributed by atoms with Crippen molar-refractivity contribution in [3.63, 3.8) is 0 Å². The first kappa shape index (κ1) is 16.4. The molecule has 1 aromatic rings. The highest BCUT2D eigenvalue weighted by molar-refractivity contribution is 7.89. The quantitative estimate of drug-likeness (QED) is 0.796. The van der Waals surface area contributed by atoms with Crippen molar-refractivity contribution in [1.29, 1.82) is 0 Å². The average Bonchev–Trinajstić information content (AvgIpc) is 3.04. The van der Waals surface area contributed by atoms with Crippen LogP contribution in [0.5, 0.6) is 0 Å². The molecule has 1 aliphatic carbocycles. The highest BCUT2D eigenvalue weighted by Crippen LogP contribution is 2.45. The summed E-state index contributed by atoms with van der Waals surface area (Å²) in [5.41, 5.74) is 0.847. The first-order chi connectivity index (χ1) is 10.4. The van der Waals surface area contributed by atoms with Gasteiger partial charge in [0.15, 0.2) is 0 Å². The largest absolute Gasteiger partial charge is 0.371 e. The molecular weight excluding hydrogens is 320 g/mol. The second kappa shape index (κ2) is 6.19. The summed E-state index contributed by atoms with van der Waals surface area (Å²) in [7, 11) is -1.67. The summed E-state index contributed by atoms with van der Waals surface area (Å²) in [4.78, 5) is 4.44. The summed E-state index contributed by atoms with van der Waals surface area (Å²) >= 11 is 1.59. The Morgan fingerprint density at radius 1 is 1.45 bits per heavy atom. The number of nitrogens with zero attached hydrogens (tertiary/aromatic N) is 2. The number of thiazole rings is 1. The lowest BCUT2D eigenvalue weighted by Crippen LogP contribution is -2.39. The minimum atomic E-state index is -3.30. The fourth-order valence-corrected chi connectivity index (χ4v) is 5.25. The third-order valence-corrected chi connectivity index (χ3v) is 7.67. The van der Waals surface area contributed by atoms with E-state index in [0.29, 0.717) is 6.54 Å². The molecule has 0 radical (unpaired) electrons. The summed E-state index contributed by atoms with van der Waals surface area (Å²) < 4.78 is 32.4. The normalized spacial score (nSPS) is 24.0. The molecule has 1 spiro atoms. The third kappa shape index (κ3) is 3.37. The van der Waals surface area contributed by atoms with E-state index in [-0.39, 0.29) is 17.5 Å². The van der Waals surface area contributed by atoms with Crippen LogP contribution in [0, 0.1) is 0 Å². The lowest BCUT2D eigenvalue weighted by atomic mass is 9.78. The Hall–Kier alpha value is -0.500. The maximum absolute atomic E-state index is 12.5. The fraction of sp³-hybridized carbons (Fsp3) is 0.800. The fourth-order valence-electron chi connectivity index (χ4n) is 3.22. The zero-order valence-electron chi connectivity index (χ0n) is 13.2. The van der Waals surface area contributed by atoms with Crippen LogP contribution in [-0.4, -0.2) is 42.2 Å². The molecule has 1 aliphatic heterocycles. The number of aromatic nitrogens is 1. The maximum Gasteiger partial charge on any atom is 0.216 e. The van der Waals surface area contributed by atoms with Gasteiger partial charge in [0.2, 0.25) is 10.0 Å². The standard InChI is InChI=1S/C15H24N2O3S2/c1-3-14-16-12(10-21-14)9-17(2)22(18,19)11-13-5-8-15(20-13)6-4-7-15/h10,13H,3-9,11H2,1-2H3. The van der Waals surface area contributed by atoms with Crippen molar-refractivity contribution in [3.8, 4) is 0 Å². The third-order valence-electron chi connectivity index (χ3n) is 4.76. The molecule has 0 amide bonds. The van der Waals surface area contributed by atoms with Crippen LogP contribution in [0.3, 0.4) is 0 Å². The van der Waals surface area contributed by atoms with Crippen molar-refractivity contribution in [1.82, 2.24) is 9.29 Å². The van der Waals surface area contributed by atoms with Crippen molar-refractivity contribution in [3.05, 3.63) is 16.1 Å². The molecule has 5 nitrogen and oxygen atoms in total. The molecule has 3 rings (SSSR count).